The summed E-state index contributed by atoms with van der Waals surface area (Å²) in [6.07, 6.45) is 1.37. The van der Waals surface area contributed by atoms with Crippen molar-refractivity contribution in [3.05, 3.63) is 12.0 Å². The van der Waals surface area contributed by atoms with Crippen LogP contribution in [0.4, 0.5) is 5.82 Å². The Morgan fingerprint density at radius 2 is 1.71 bits per heavy atom. The fraction of sp³-hybridized carbons (Fsp3) is 0.810. The highest BCUT2D eigenvalue weighted by molar-refractivity contribution is 6.74. The Morgan fingerprint density at radius 1 is 1.16 bits per heavy atom. The van der Waals surface area contributed by atoms with Crippen molar-refractivity contribution in [2.75, 3.05) is 12.3 Å². The third-order valence-corrected chi connectivity index (χ3v) is 16.2. The quantitative estimate of drug-likeness (QED) is 0.575. The normalized spacial score (nSPS) is 23.4. The van der Waals surface area contributed by atoms with Crippen LogP contribution in [0, 0.1) is 0 Å². The number of primary amides is 1. The van der Waals surface area contributed by atoms with Crippen LogP contribution in [0.25, 0.3) is 0 Å². The molecule has 0 aromatic carbocycles. The van der Waals surface area contributed by atoms with Crippen LogP contribution in [0.3, 0.4) is 0 Å². The molecule has 0 spiro atoms. The maximum atomic E-state index is 11.6. The molecule has 0 radical (unpaired) electrons. The van der Waals surface area contributed by atoms with Gasteiger partial charge in [0.1, 0.15) is 5.82 Å². The minimum Gasteiger partial charge on any atom is -0.414 e. The summed E-state index contributed by atoms with van der Waals surface area (Å²) in [6, 6.07) is 0. The topological polar surface area (TPSA) is 115 Å². The fourth-order valence-electron chi connectivity index (χ4n) is 3.01. The summed E-state index contributed by atoms with van der Waals surface area (Å²) in [4.78, 5) is 15.7. The predicted molar refractivity (Wildman–Crippen MR) is 129 cm³/mol. The van der Waals surface area contributed by atoms with Gasteiger partial charge >= 0.3 is 0 Å². The number of anilines is 1. The van der Waals surface area contributed by atoms with E-state index in [9.17, 15) is 4.79 Å². The number of imidazole rings is 1. The molecule has 1 aromatic rings. The van der Waals surface area contributed by atoms with E-state index in [1.165, 1.54) is 6.33 Å². The van der Waals surface area contributed by atoms with Gasteiger partial charge in [0.15, 0.2) is 28.6 Å². The number of nitrogens with two attached hydrogens (primary N) is 2. The first kappa shape index (κ1) is 26.0. The van der Waals surface area contributed by atoms with E-state index < -0.39 is 28.8 Å². The Morgan fingerprint density at radius 3 is 2.16 bits per heavy atom. The van der Waals surface area contributed by atoms with Gasteiger partial charge in [0.25, 0.3) is 5.91 Å². The van der Waals surface area contributed by atoms with Crippen LogP contribution < -0.4 is 11.5 Å². The molecule has 0 saturated carbocycles. The van der Waals surface area contributed by atoms with Gasteiger partial charge < -0.3 is 25.1 Å². The molecule has 2 rings (SSSR count). The summed E-state index contributed by atoms with van der Waals surface area (Å²) >= 11 is 0. The Kier molecular flexibility index (Phi) is 7.24. The van der Waals surface area contributed by atoms with Crippen molar-refractivity contribution in [3.63, 3.8) is 0 Å². The third-order valence-electron chi connectivity index (χ3n) is 7.17. The average molecular weight is 471 g/mol. The van der Waals surface area contributed by atoms with Gasteiger partial charge in [-0.05, 0) is 36.3 Å². The number of hydrogen-bond acceptors (Lipinski definition) is 6. The van der Waals surface area contributed by atoms with E-state index in [0.717, 1.165) is 0 Å². The highest BCUT2D eigenvalue weighted by Gasteiger charge is 2.47. The summed E-state index contributed by atoms with van der Waals surface area (Å²) in [5.74, 6) is -0.457. The third kappa shape index (κ3) is 5.59. The average Bonchev–Trinajstić information content (AvgIpc) is 3.13. The summed E-state index contributed by atoms with van der Waals surface area (Å²) < 4.78 is 21.2. The van der Waals surface area contributed by atoms with E-state index in [-0.39, 0.29) is 33.8 Å². The lowest BCUT2D eigenvalue weighted by atomic mass is 10.2. The van der Waals surface area contributed by atoms with E-state index in [1.54, 1.807) is 4.57 Å². The molecule has 3 atom stereocenters. The van der Waals surface area contributed by atoms with Crippen LogP contribution in [0.1, 0.15) is 64.7 Å². The molecule has 1 amide bonds. The maximum Gasteiger partial charge on any atom is 0.271 e. The highest BCUT2D eigenvalue weighted by Crippen LogP contribution is 2.43. The van der Waals surface area contributed by atoms with Crippen molar-refractivity contribution in [2.24, 2.45) is 5.73 Å². The van der Waals surface area contributed by atoms with Crippen LogP contribution in [0.15, 0.2) is 6.33 Å². The number of rotatable bonds is 7. The summed E-state index contributed by atoms with van der Waals surface area (Å²) in [5.41, 5.74) is 11.7. The van der Waals surface area contributed by atoms with Gasteiger partial charge in [-0.15, -0.1) is 0 Å². The zero-order valence-corrected chi connectivity index (χ0v) is 22.9. The lowest BCUT2D eigenvalue weighted by Gasteiger charge is -2.39. The second-order valence-corrected chi connectivity index (χ2v) is 21.2. The van der Waals surface area contributed by atoms with Crippen molar-refractivity contribution in [3.8, 4) is 0 Å². The van der Waals surface area contributed by atoms with Gasteiger partial charge in [-0.25, -0.2) is 4.98 Å². The minimum atomic E-state index is -2.07. The zero-order chi connectivity index (χ0) is 24.0. The van der Waals surface area contributed by atoms with Gasteiger partial charge in [-0.2, -0.15) is 0 Å². The molecule has 2 heterocycles. The molecule has 1 fully saturated rings. The molecule has 0 unspecified atom stereocenters. The second kappa shape index (κ2) is 8.62. The van der Waals surface area contributed by atoms with Gasteiger partial charge in [0.05, 0.1) is 25.1 Å². The van der Waals surface area contributed by atoms with Gasteiger partial charge in [0.2, 0.25) is 0 Å². The molecule has 8 nitrogen and oxygen atoms in total. The van der Waals surface area contributed by atoms with Crippen LogP contribution in [0.5, 0.6) is 0 Å². The largest absolute Gasteiger partial charge is 0.414 e. The molecule has 178 valence electrons. The number of aromatic nitrogens is 2. The molecule has 1 aromatic heterocycles. The fourth-order valence-corrected chi connectivity index (χ4v) is 5.37. The van der Waals surface area contributed by atoms with Crippen molar-refractivity contribution < 1.29 is 18.4 Å². The van der Waals surface area contributed by atoms with Crippen LogP contribution in [-0.4, -0.2) is 50.9 Å². The Balaban J connectivity index is 2.29. The molecule has 31 heavy (non-hydrogen) atoms. The zero-order valence-electron chi connectivity index (χ0n) is 20.9. The van der Waals surface area contributed by atoms with Gasteiger partial charge in [-0.3, -0.25) is 9.36 Å². The van der Waals surface area contributed by atoms with E-state index in [1.807, 2.05) is 0 Å². The van der Waals surface area contributed by atoms with Gasteiger partial charge in [0, 0.05) is 6.42 Å². The lowest BCUT2D eigenvalue weighted by Crippen LogP contribution is -2.45. The van der Waals surface area contributed by atoms with E-state index in [0.29, 0.717) is 13.0 Å². The number of hydrogen-bond donors (Lipinski definition) is 2. The SMILES string of the molecule is CC(C)(C)[Si](C)(C)OC[C@@H]1C[C@@H](O[Si](C)(C)C(C)(C)C)[C@H](n2cnc(C(N)=O)c2N)O1. The number of nitrogens with zero attached hydrogens (tertiary/aromatic N) is 2. The predicted octanol–water partition coefficient (Wildman–Crippen LogP) is 4.26. The molecule has 1 aliphatic heterocycles. The molecule has 1 aliphatic rings. The number of carbonyl (C=O) groups is 1. The van der Waals surface area contributed by atoms with Gasteiger partial charge in [-0.1, -0.05) is 41.5 Å². The van der Waals surface area contributed by atoms with Crippen LogP contribution in [-0.2, 0) is 13.6 Å². The highest BCUT2D eigenvalue weighted by atomic mass is 28.4. The summed E-state index contributed by atoms with van der Waals surface area (Å²) in [6.45, 7) is 22.7. The van der Waals surface area contributed by atoms with Crippen molar-refractivity contribution in [1.82, 2.24) is 9.55 Å². The first-order valence-electron chi connectivity index (χ1n) is 11.0. The smallest absolute Gasteiger partial charge is 0.271 e. The first-order chi connectivity index (χ1) is 13.9. The molecule has 0 bridgehead atoms. The Labute approximate surface area is 189 Å². The molecule has 0 aliphatic carbocycles. The molecular formula is C21H42N4O4Si2. The first-order valence-corrected chi connectivity index (χ1v) is 16.8. The minimum absolute atomic E-state index is 0.0478. The van der Waals surface area contributed by atoms with Crippen molar-refractivity contribution >= 4 is 28.4 Å². The maximum absolute atomic E-state index is 11.6. The van der Waals surface area contributed by atoms with E-state index in [4.69, 9.17) is 25.1 Å². The Hall–Kier alpha value is -1.21. The number of amides is 1. The number of ether oxygens (including phenoxy) is 1. The molecule has 1 saturated heterocycles. The lowest BCUT2D eigenvalue weighted by molar-refractivity contribution is -0.0451. The van der Waals surface area contributed by atoms with Crippen LogP contribution >= 0.6 is 0 Å². The molecule has 4 N–H and O–H groups in total. The Bertz CT molecular complexity index is 796. The van der Waals surface area contributed by atoms with Crippen LogP contribution in [0.2, 0.25) is 36.3 Å². The van der Waals surface area contributed by atoms with Crippen molar-refractivity contribution in [1.29, 1.82) is 0 Å². The standard InChI is InChI=1S/C21H42N4O4Si2/c1-20(2,3)30(7,8)27-12-14-11-15(29-31(9,10)21(4,5)6)19(28-14)25-13-24-16(17(25)22)18(23)26/h13-15,19H,11-12,22H2,1-10H3,(H2,23,26)/t14-,15+,19+/m0/s1. The summed E-state index contributed by atoms with van der Waals surface area (Å²) in [7, 11) is -3.99. The van der Waals surface area contributed by atoms with E-state index >= 15 is 0 Å². The molecule has 10 heteroatoms. The number of carbonyl (C=O) groups excluding carboxylic acids is 1. The number of nitrogen functional groups attached to an aromatic ring is 1. The summed E-state index contributed by atoms with van der Waals surface area (Å²) in [5, 5.41) is 0.166. The monoisotopic (exact) mass is 470 g/mol. The second-order valence-electron chi connectivity index (χ2n) is 11.6. The van der Waals surface area contributed by atoms with Crippen molar-refractivity contribution in [2.45, 2.75) is 103 Å². The molecular weight excluding hydrogens is 428 g/mol. The van der Waals surface area contributed by atoms with E-state index in [2.05, 4.69) is 72.7 Å².